The van der Waals surface area contributed by atoms with E-state index in [0.29, 0.717) is 0 Å². The monoisotopic (exact) mass is 221 g/mol. The first-order valence-electron chi connectivity index (χ1n) is 5.88. The fourth-order valence-electron chi connectivity index (χ4n) is 1.77. The largest absolute Gasteiger partial charge is 0.378 e. The van der Waals surface area contributed by atoms with Gasteiger partial charge in [0.1, 0.15) is 5.82 Å². The number of ether oxygens (including phenoxy) is 1. The summed E-state index contributed by atoms with van der Waals surface area (Å²) in [4.78, 5) is 6.75. The fraction of sp³-hybridized carbons (Fsp3) is 0.583. The van der Waals surface area contributed by atoms with E-state index in [1.807, 2.05) is 6.20 Å². The third kappa shape index (κ3) is 2.93. The predicted octanol–water partition coefficient (Wildman–Crippen LogP) is 1.03. The van der Waals surface area contributed by atoms with Crippen molar-refractivity contribution in [2.75, 3.05) is 37.7 Å². The molecule has 0 bridgehead atoms. The number of nitrogens with zero attached hydrogens (tertiary/aromatic N) is 2. The minimum atomic E-state index is 0.806. The minimum Gasteiger partial charge on any atom is -0.378 e. The summed E-state index contributed by atoms with van der Waals surface area (Å²) in [5.41, 5.74) is 1.24. The maximum absolute atomic E-state index is 5.32. The number of morpholine rings is 1. The molecule has 88 valence electrons. The van der Waals surface area contributed by atoms with E-state index >= 15 is 0 Å². The molecular weight excluding hydrogens is 202 g/mol. The lowest BCUT2D eigenvalue weighted by Gasteiger charge is -2.27. The zero-order chi connectivity index (χ0) is 11.2. The molecule has 4 nitrogen and oxygen atoms in total. The number of anilines is 1. The van der Waals surface area contributed by atoms with Gasteiger partial charge in [-0.05, 0) is 18.2 Å². The predicted molar refractivity (Wildman–Crippen MR) is 64.6 cm³/mol. The van der Waals surface area contributed by atoms with Gasteiger partial charge < -0.3 is 15.0 Å². The number of nitrogens with one attached hydrogen (secondary N) is 1. The highest BCUT2D eigenvalue weighted by Crippen LogP contribution is 2.12. The number of rotatable bonds is 4. The van der Waals surface area contributed by atoms with Gasteiger partial charge in [-0.3, -0.25) is 0 Å². The topological polar surface area (TPSA) is 37.4 Å². The van der Waals surface area contributed by atoms with E-state index in [2.05, 4.69) is 34.3 Å². The van der Waals surface area contributed by atoms with Crippen molar-refractivity contribution in [3.8, 4) is 0 Å². The average molecular weight is 221 g/mol. The second kappa shape index (κ2) is 5.82. The second-order valence-corrected chi connectivity index (χ2v) is 3.90. The van der Waals surface area contributed by atoms with Crippen LogP contribution < -0.4 is 10.2 Å². The normalized spacial score (nSPS) is 16.4. The first-order valence-corrected chi connectivity index (χ1v) is 5.88. The third-order valence-electron chi connectivity index (χ3n) is 2.72. The van der Waals surface area contributed by atoms with Crippen molar-refractivity contribution < 1.29 is 4.74 Å². The van der Waals surface area contributed by atoms with Crippen molar-refractivity contribution in [3.63, 3.8) is 0 Å². The van der Waals surface area contributed by atoms with Crippen molar-refractivity contribution in [1.82, 2.24) is 10.3 Å². The number of aromatic nitrogens is 1. The Labute approximate surface area is 96.6 Å². The third-order valence-corrected chi connectivity index (χ3v) is 2.72. The van der Waals surface area contributed by atoms with Gasteiger partial charge in [0.2, 0.25) is 0 Å². The minimum absolute atomic E-state index is 0.806. The van der Waals surface area contributed by atoms with Crippen molar-refractivity contribution >= 4 is 5.82 Å². The standard InChI is InChI=1S/C12H19N3O/c1-2-13-9-11-3-4-12(14-10-11)15-5-7-16-8-6-15/h3-4,10,13H,2,5-9H2,1H3. The fourth-order valence-corrected chi connectivity index (χ4v) is 1.77. The van der Waals surface area contributed by atoms with E-state index in [1.165, 1.54) is 5.56 Å². The van der Waals surface area contributed by atoms with Crippen molar-refractivity contribution in [2.45, 2.75) is 13.5 Å². The van der Waals surface area contributed by atoms with Gasteiger partial charge >= 0.3 is 0 Å². The molecule has 4 heteroatoms. The van der Waals surface area contributed by atoms with Crippen LogP contribution in [0.15, 0.2) is 18.3 Å². The molecule has 0 atom stereocenters. The number of pyridine rings is 1. The van der Waals surface area contributed by atoms with Crippen LogP contribution in [-0.2, 0) is 11.3 Å². The molecule has 1 N–H and O–H groups in total. The zero-order valence-corrected chi connectivity index (χ0v) is 9.78. The van der Waals surface area contributed by atoms with Crippen molar-refractivity contribution in [3.05, 3.63) is 23.9 Å². The Bertz CT molecular complexity index is 307. The van der Waals surface area contributed by atoms with E-state index in [-0.39, 0.29) is 0 Å². The highest BCUT2D eigenvalue weighted by atomic mass is 16.5. The average Bonchev–Trinajstić information content (AvgIpc) is 2.38. The molecule has 2 heterocycles. The Morgan fingerprint density at radius 3 is 2.81 bits per heavy atom. The Balaban J connectivity index is 1.95. The van der Waals surface area contributed by atoms with E-state index in [0.717, 1.165) is 45.2 Å². The second-order valence-electron chi connectivity index (χ2n) is 3.90. The Kier molecular flexibility index (Phi) is 4.13. The molecule has 2 rings (SSSR count). The van der Waals surface area contributed by atoms with E-state index in [4.69, 9.17) is 4.74 Å². The van der Waals surface area contributed by atoms with Gasteiger partial charge in [0.15, 0.2) is 0 Å². The molecule has 1 aromatic rings. The molecule has 1 aromatic heterocycles. The summed E-state index contributed by atoms with van der Waals surface area (Å²) >= 11 is 0. The number of hydrogen-bond acceptors (Lipinski definition) is 4. The maximum Gasteiger partial charge on any atom is 0.128 e. The van der Waals surface area contributed by atoms with Crippen LogP contribution in [0.4, 0.5) is 5.82 Å². The maximum atomic E-state index is 5.32. The molecule has 0 amide bonds. The molecule has 0 saturated carbocycles. The van der Waals surface area contributed by atoms with Gasteiger partial charge in [0.25, 0.3) is 0 Å². The summed E-state index contributed by atoms with van der Waals surface area (Å²) in [5.74, 6) is 1.06. The molecule has 1 aliphatic heterocycles. The molecule has 16 heavy (non-hydrogen) atoms. The van der Waals surface area contributed by atoms with E-state index < -0.39 is 0 Å². The summed E-state index contributed by atoms with van der Waals surface area (Å²) in [6.07, 6.45) is 1.95. The lowest BCUT2D eigenvalue weighted by Crippen LogP contribution is -2.36. The van der Waals surface area contributed by atoms with Crippen LogP contribution in [0, 0.1) is 0 Å². The van der Waals surface area contributed by atoms with Crippen LogP contribution in [0.1, 0.15) is 12.5 Å². The Hall–Kier alpha value is -1.13. The summed E-state index contributed by atoms with van der Waals surface area (Å²) < 4.78 is 5.32. The van der Waals surface area contributed by atoms with Gasteiger partial charge in [-0.15, -0.1) is 0 Å². The highest BCUT2D eigenvalue weighted by Gasteiger charge is 2.11. The quantitative estimate of drug-likeness (QED) is 0.824. The summed E-state index contributed by atoms with van der Waals surface area (Å²) in [7, 11) is 0. The molecule has 1 aliphatic rings. The van der Waals surface area contributed by atoms with Crippen LogP contribution in [0.5, 0.6) is 0 Å². The molecule has 0 aromatic carbocycles. The molecule has 0 spiro atoms. The summed E-state index contributed by atoms with van der Waals surface area (Å²) in [6.45, 7) is 7.49. The van der Waals surface area contributed by atoms with E-state index in [1.54, 1.807) is 0 Å². The Morgan fingerprint density at radius 1 is 1.38 bits per heavy atom. The van der Waals surface area contributed by atoms with Gasteiger partial charge in [0, 0.05) is 25.8 Å². The molecule has 0 radical (unpaired) electrons. The lowest BCUT2D eigenvalue weighted by atomic mass is 10.2. The van der Waals surface area contributed by atoms with Gasteiger partial charge in [-0.25, -0.2) is 4.98 Å². The summed E-state index contributed by atoms with van der Waals surface area (Å²) in [5, 5.41) is 3.29. The smallest absolute Gasteiger partial charge is 0.128 e. The molecule has 0 unspecified atom stereocenters. The zero-order valence-electron chi connectivity index (χ0n) is 9.78. The van der Waals surface area contributed by atoms with Crippen molar-refractivity contribution in [1.29, 1.82) is 0 Å². The summed E-state index contributed by atoms with van der Waals surface area (Å²) in [6, 6.07) is 4.23. The molecule has 1 saturated heterocycles. The van der Waals surface area contributed by atoms with Gasteiger partial charge in [0.05, 0.1) is 13.2 Å². The van der Waals surface area contributed by atoms with Gasteiger partial charge in [-0.2, -0.15) is 0 Å². The molecule has 0 aliphatic carbocycles. The van der Waals surface area contributed by atoms with Crippen LogP contribution in [-0.4, -0.2) is 37.8 Å². The SMILES string of the molecule is CCNCc1ccc(N2CCOCC2)nc1. The first kappa shape index (κ1) is 11.4. The van der Waals surface area contributed by atoms with Crippen LogP contribution in [0.25, 0.3) is 0 Å². The van der Waals surface area contributed by atoms with Crippen molar-refractivity contribution in [2.24, 2.45) is 0 Å². The van der Waals surface area contributed by atoms with Crippen LogP contribution in [0.2, 0.25) is 0 Å². The Morgan fingerprint density at radius 2 is 2.19 bits per heavy atom. The first-order chi connectivity index (χ1) is 7.90. The van der Waals surface area contributed by atoms with Crippen LogP contribution in [0.3, 0.4) is 0 Å². The molecular formula is C12H19N3O. The highest BCUT2D eigenvalue weighted by molar-refractivity contribution is 5.39. The lowest BCUT2D eigenvalue weighted by molar-refractivity contribution is 0.122. The molecule has 1 fully saturated rings. The van der Waals surface area contributed by atoms with Gasteiger partial charge in [-0.1, -0.05) is 13.0 Å². The van der Waals surface area contributed by atoms with Crippen LogP contribution >= 0.6 is 0 Å². The number of hydrogen-bond donors (Lipinski definition) is 1. The van der Waals surface area contributed by atoms with E-state index in [9.17, 15) is 0 Å².